The van der Waals surface area contributed by atoms with Crippen LogP contribution in [0.5, 0.6) is 0 Å². The van der Waals surface area contributed by atoms with Crippen LogP contribution >= 0.6 is 0 Å². The molecule has 0 N–H and O–H groups in total. The van der Waals surface area contributed by atoms with Crippen LogP contribution in [-0.2, 0) is 0 Å². The Morgan fingerprint density at radius 3 is 2.92 bits per heavy atom. The Hall–Kier alpha value is -1.70. The molecule has 2 aliphatic heterocycles. The van der Waals surface area contributed by atoms with Gasteiger partial charge in [-0.3, -0.25) is 0 Å². The molecule has 2 aliphatic rings. The fourth-order valence-electron chi connectivity index (χ4n) is 1.78. The number of nitrogens with zero attached hydrogens (tertiary/aromatic N) is 2. The van der Waals surface area contributed by atoms with Crippen molar-refractivity contribution in [1.82, 2.24) is 0 Å². The first-order valence-electron chi connectivity index (χ1n) is 4.30. The molecule has 0 saturated carbocycles. The van der Waals surface area contributed by atoms with Crippen LogP contribution in [-0.4, -0.2) is 5.84 Å². The summed E-state index contributed by atoms with van der Waals surface area (Å²) in [6, 6.07) is 8.16. The molecule has 0 atom stereocenters. The quantitative estimate of drug-likeness (QED) is 0.547. The number of hydrogen-bond donors (Lipinski definition) is 0. The van der Waals surface area contributed by atoms with Crippen LogP contribution < -0.4 is 10.6 Å². The van der Waals surface area contributed by atoms with Gasteiger partial charge < -0.3 is 0 Å². The highest BCUT2D eigenvalue weighted by Gasteiger charge is 2.18. The van der Waals surface area contributed by atoms with Gasteiger partial charge in [0.05, 0.1) is 5.36 Å². The molecule has 2 nitrogen and oxygen atoms in total. The van der Waals surface area contributed by atoms with Crippen molar-refractivity contribution in [3.05, 3.63) is 46.6 Å². The van der Waals surface area contributed by atoms with Gasteiger partial charge in [-0.1, -0.05) is 18.2 Å². The van der Waals surface area contributed by atoms with E-state index in [0.717, 1.165) is 11.2 Å². The molecule has 0 aliphatic carbocycles. The summed E-state index contributed by atoms with van der Waals surface area (Å²) in [6.45, 7) is 2.07. The fourth-order valence-corrected chi connectivity index (χ4v) is 1.78. The zero-order chi connectivity index (χ0) is 8.84. The van der Waals surface area contributed by atoms with E-state index < -0.39 is 0 Å². The van der Waals surface area contributed by atoms with Crippen molar-refractivity contribution in [3.63, 3.8) is 0 Å². The molecule has 13 heavy (non-hydrogen) atoms. The summed E-state index contributed by atoms with van der Waals surface area (Å²) in [5.41, 5.74) is 2.42. The van der Waals surface area contributed by atoms with Crippen LogP contribution in [0.1, 0.15) is 6.92 Å². The minimum atomic E-state index is 0.874. The van der Waals surface area contributed by atoms with E-state index in [1.807, 2.05) is 24.4 Å². The molecular weight excluding hydrogens is 160 g/mol. The van der Waals surface area contributed by atoms with E-state index in [2.05, 4.69) is 23.0 Å². The van der Waals surface area contributed by atoms with E-state index in [1.165, 1.54) is 16.4 Å². The first kappa shape index (κ1) is 6.78. The van der Waals surface area contributed by atoms with Gasteiger partial charge in [-0.05, 0) is 18.6 Å². The van der Waals surface area contributed by atoms with E-state index >= 15 is 0 Å². The minimum absolute atomic E-state index is 0.874. The zero-order valence-electron chi connectivity index (χ0n) is 7.28. The summed E-state index contributed by atoms with van der Waals surface area (Å²) in [5.74, 6) is 0.874. The predicted molar refractivity (Wildman–Crippen MR) is 51.8 cm³/mol. The topological polar surface area (TPSA) is 24.7 Å². The first-order chi connectivity index (χ1) is 6.36. The summed E-state index contributed by atoms with van der Waals surface area (Å²) in [4.78, 5) is 8.67. The Kier molecular flexibility index (Phi) is 1.13. The van der Waals surface area contributed by atoms with E-state index in [0.29, 0.717) is 0 Å². The lowest BCUT2D eigenvalue weighted by Crippen LogP contribution is -2.22. The Balaban J connectivity index is 2.54. The van der Waals surface area contributed by atoms with Crippen LogP contribution in [0.25, 0.3) is 5.57 Å². The van der Waals surface area contributed by atoms with Gasteiger partial charge in [-0.2, -0.15) is 0 Å². The average molecular weight is 168 g/mol. The maximum Gasteiger partial charge on any atom is 0.160 e. The third kappa shape index (κ3) is 0.773. The van der Waals surface area contributed by atoms with Crippen molar-refractivity contribution < 1.29 is 0 Å². The fraction of sp³-hybridized carbons (Fsp3) is 0.0909. The van der Waals surface area contributed by atoms with Crippen LogP contribution in [0.2, 0.25) is 0 Å². The minimum Gasteiger partial charge on any atom is -0.236 e. The second-order valence-corrected chi connectivity index (χ2v) is 3.27. The summed E-state index contributed by atoms with van der Waals surface area (Å²) < 4.78 is 0. The highest BCUT2D eigenvalue weighted by Crippen LogP contribution is 2.19. The monoisotopic (exact) mass is 168 g/mol. The molecule has 0 radical (unpaired) electrons. The van der Waals surface area contributed by atoms with E-state index in [-0.39, 0.29) is 0 Å². The van der Waals surface area contributed by atoms with Gasteiger partial charge in [0.15, 0.2) is 5.84 Å². The third-order valence-electron chi connectivity index (χ3n) is 2.40. The SMILES string of the molecule is CC1=CN=C2N=c3ccccc3=C12. The maximum atomic E-state index is 4.42. The number of benzene rings is 1. The zero-order valence-corrected chi connectivity index (χ0v) is 7.28. The standard InChI is InChI=1S/C11H8N2/c1-7-6-12-11-10(7)8-4-2-3-5-9(8)13-11/h2-6H,1H3. The van der Waals surface area contributed by atoms with Gasteiger partial charge in [0.1, 0.15) is 0 Å². The maximum absolute atomic E-state index is 4.42. The molecule has 0 aromatic heterocycles. The molecule has 62 valence electrons. The third-order valence-corrected chi connectivity index (χ3v) is 2.40. The molecule has 2 heterocycles. The van der Waals surface area contributed by atoms with Gasteiger partial charge in [-0.15, -0.1) is 0 Å². The summed E-state index contributed by atoms with van der Waals surface area (Å²) in [7, 11) is 0. The summed E-state index contributed by atoms with van der Waals surface area (Å²) in [5, 5.41) is 2.26. The number of amidine groups is 1. The molecule has 3 rings (SSSR count). The van der Waals surface area contributed by atoms with Gasteiger partial charge in [-0.25, -0.2) is 9.98 Å². The summed E-state index contributed by atoms with van der Waals surface area (Å²) >= 11 is 0. The largest absolute Gasteiger partial charge is 0.236 e. The second-order valence-electron chi connectivity index (χ2n) is 3.27. The molecule has 0 bridgehead atoms. The number of fused-ring (bicyclic) bond motifs is 2. The number of rotatable bonds is 0. The van der Waals surface area contributed by atoms with Crippen LogP contribution in [0.15, 0.2) is 46.0 Å². The molecule has 2 heteroatoms. The average Bonchev–Trinajstić information content (AvgIpc) is 2.66. The molecule has 0 saturated heterocycles. The smallest absolute Gasteiger partial charge is 0.160 e. The van der Waals surface area contributed by atoms with Crippen LogP contribution in [0.4, 0.5) is 0 Å². The lowest BCUT2D eigenvalue weighted by molar-refractivity contribution is 1.37. The van der Waals surface area contributed by atoms with Gasteiger partial charge in [0.2, 0.25) is 0 Å². The Bertz CT molecular complexity index is 562. The number of hydrogen-bond acceptors (Lipinski definition) is 2. The van der Waals surface area contributed by atoms with Crippen molar-refractivity contribution in [2.24, 2.45) is 9.98 Å². The molecule has 1 aromatic carbocycles. The Morgan fingerprint density at radius 1 is 1.15 bits per heavy atom. The van der Waals surface area contributed by atoms with Crippen molar-refractivity contribution in [1.29, 1.82) is 0 Å². The highest BCUT2D eigenvalue weighted by atomic mass is 14.9. The van der Waals surface area contributed by atoms with Crippen molar-refractivity contribution in [2.45, 2.75) is 6.92 Å². The lowest BCUT2D eigenvalue weighted by Gasteiger charge is -1.92. The molecule has 0 amide bonds. The molecule has 0 unspecified atom stereocenters. The lowest BCUT2D eigenvalue weighted by atomic mass is 10.1. The normalized spacial score (nSPS) is 17.5. The predicted octanol–water partition coefficient (Wildman–Crippen LogP) is 0.786. The van der Waals surface area contributed by atoms with Gasteiger partial charge >= 0.3 is 0 Å². The number of aliphatic imine (C=N–C) groups is 1. The van der Waals surface area contributed by atoms with Crippen LogP contribution in [0.3, 0.4) is 0 Å². The van der Waals surface area contributed by atoms with E-state index in [1.54, 1.807) is 0 Å². The van der Waals surface area contributed by atoms with E-state index in [4.69, 9.17) is 0 Å². The first-order valence-corrected chi connectivity index (χ1v) is 4.30. The second kappa shape index (κ2) is 2.16. The van der Waals surface area contributed by atoms with E-state index in [9.17, 15) is 0 Å². The van der Waals surface area contributed by atoms with Crippen molar-refractivity contribution >= 4 is 11.4 Å². The molecule has 0 spiro atoms. The van der Waals surface area contributed by atoms with Crippen molar-refractivity contribution in [2.75, 3.05) is 0 Å². The molecule has 0 fully saturated rings. The summed E-state index contributed by atoms with van der Waals surface area (Å²) in [6.07, 6.45) is 1.88. The Labute approximate surface area is 75.7 Å². The molecular formula is C11H8N2. The van der Waals surface area contributed by atoms with Gasteiger partial charge in [0.25, 0.3) is 0 Å². The Morgan fingerprint density at radius 2 is 2.00 bits per heavy atom. The number of para-hydroxylation sites is 1. The van der Waals surface area contributed by atoms with Crippen molar-refractivity contribution in [3.8, 4) is 0 Å². The molecule has 1 aromatic rings. The van der Waals surface area contributed by atoms with Gasteiger partial charge in [0, 0.05) is 17.0 Å². The highest BCUT2D eigenvalue weighted by molar-refractivity contribution is 6.25. The van der Waals surface area contributed by atoms with Crippen LogP contribution in [0, 0.1) is 0 Å².